The molecule has 6 nitrogen and oxygen atoms in total. The van der Waals surface area contributed by atoms with Gasteiger partial charge in [-0.2, -0.15) is 9.40 Å². The molecule has 2 atom stereocenters. The molecule has 0 amide bonds. The second-order valence-electron chi connectivity index (χ2n) is 5.64. The largest absolute Gasteiger partial charge is 0.373 e. The lowest BCUT2D eigenvalue weighted by molar-refractivity contribution is -0.0440. The van der Waals surface area contributed by atoms with E-state index in [9.17, 15) is 12.8 Å². The van der Waals surface area contributed by atoms with Crippen LogP contribution in [0.2, 0.25) is 0 Å². The molecule has 0 spiro atoms. The lowest BCUT2D eigenvalue weighted by Crippen LogP contribution is -2.48. The van der Waals surface area contributed by atoms with Crippen LogP contribution in [0, 0.1) is 5.82 Å². The van der Waals surface area contributed by atoms with Gasteiger partial charge in [0.05, 0.1) is 17.1 Å². The Morgan fingerprint density at radius 3 is 2.52 bits per heavy atom. The molecule has 124 valence electrons. The minimum absolute atomic E-state index is 0.0628. The van der Waals surface area contributed by atoms with Crippen LogP contribution in [0.15, 0.2) is 41.6 Å². The summed E-state index contributed by atoms with van der Waals surface area (Å²) >= 11 is 0. The Morgan fingerprint density at radius 1 is 1.26 bits per heavy atom. The summed E-state index contributed by atoms with van der Waals surface area (Å²) in [5, 5.41) is 3.95. The van der Waals surface area contributed by atoms with Crippen LogP contribution in [-0.2, 0) is 14.8 Å². The highest BCUT2D eigenvalue weighted by Crippen LogP contribution is 2.23. The van der Waals surface area contributed by atoms with Gasteiger partial charge in [0, 0.05) is 25.5 Å². The van der Waals surface area contributed by atoms with Crippen molar-refractivity contribution in [3.63, 3.8) is 0 Å². The zero-order valence-electron chi connectivity index (χ0n) is 12.9. The van der Waals surface area contributed by atoms with Gasteiger partial charge in [0.1, 0.15) is 11.5 Å². The Labute approximate surface area is 134 Å². The Morgan fingerprint density at radius 2 is 1.96 bits per heavy atom. The standard InChI is InChI=1S/C15H18FN3O3S/c1-11-9-18(10-12(2)22-11)23(20,21)13-4-5-15(14(16)8-13)19-7-3-6-17-19/h3-8,11-12H,9-10H2,1-2H3/t11-,12+. The number of nitrogens with zero attached hydrogens (tertiary/aromatic N) is 3. The molecule has 1 aliphatic rings. The van der Waals surface area contributed by atoms with E-state index in [1.54, 1.807) is 12.3 Å². The minimum Gasteiger partial charge on any atom is -0.373 e. The predicted octanol–water partition coefficient (Wildman–Crippen LogP) is 1.81. The number of morpholine rings is 1. The molecule has 2 heterocycles. The molecule has 0 radical (unpaired) electrons. The number of halogens is 1. The molecule has 1 fully saturated rings. The van der Waals surface area contributed by atoms with Gasteiger partial charge < -0.3 is 4.74 Å². The molecule has 8 heteroatoms. The molecule has 0 unspecified atom stereocenters. The summed E-state index contributed by atoms with van der Waals surface area (Å²) in [7, 11) is -3.75. The number of ether oxygens (including phenoxy) is 1. The number of hydrogen-bond acceptors (Lipinski definition) is 4. The van der Waals surface area contributed by atoms with Crippen molar-refractivity contribution in [1.29, 1.82) is 0 Å². The quantitative estimate of drug-likeness (QED) is 0.855. The third-order valence-corrected chi connectivity index (χ3v) is 5.52. The molecule has 1 aromatic heterocycles. The van der Waals surface area contributed by atoms with Gasteiger partial charge in [0.25, 0.3) is 0 Å². The Balaban J connectivity index is 1.93. The zero-order chi connectivity index (χ0) is 16.6. The first kappa shape index (κ1) is 16.1. The van der Waals surface area contributed by atoms with E-state index in [4.69, 9.17) is 4.74 Å². The van der Waals surface area contributed by atoms with Crippen molar-refractivity contribution in [2.75, 3.05) is 13.1 Å². The van der Waals surface area contributed by atoms with E-state index < -0.39 is 15.8 Å². The van der Waals surface area contributed by atoms with Gasteiger partial charge in [-0.3, -0.25) is 0 Å². The van der Waals surface area contributed by atoms with Crippen LogP contribution in [0.5, 0.6) is 0 Å². The van der Waals surface area contributed by atoms with Gasteiger partial charge in [-0.05, 0) is 38.1 Å². The molecule has 3 rings (SSSR count). The van der Waals surface area contributed by atoms with E-state index in [1.807, 2.05) is 13.8 Å². The number of hydrogen-bond donors (Lipinski definition) is 0. The van der Waals surface area contributed by atoms with Crippen LogP contribution in [0.25, 0.3) is 5.69 Å². The highest BCUT2D eigenvalue weighted by atomic mass is 32.2. The lowest BCUT2D eigenvalue weighted by atomic mass is 10.3. The van der Waals surface area contributed by atoms with Gasteiger partial charge in [-0.1, -0.05) is 0 Å². The van der Waals surface area contributed by atoms with Gasteiger partial charge >= 0.3 is 0 Å². The molecule has 0 N–H and O–H groups in total. The van der Waals surface area contributed by atoms with Crippen LogP contribution in [0.1, 0.15) is 13.8 Å². The molecule has 1 aromatic carbocycles. The maximum atomic E-state index is 14.3. The molecule has 0 bridgehead atoms. The first-order valence-electron chi connectivity index (χ1n) is 7.33. The van der Waals surface area contributed by atoms with Gasteiger partial charge in [0.15, 0.2) is 0 Å². The molecule has 2 aromatic rings. The first-order valence-corrected chi connectivity index (χ1v) is 8.77. The molecular weight excluding hydrogens is 321 g/mol. The van der Waals surface area contributed by atoms with E-state index >= 15 is 0 Å². The molecule has 1 aliphatic heterocycles. The number of benzene rings is 1. The second-order valence-corrected chi connectivity index (χ2v) is 7.58. The molecule has 0 aliphatic carbocycles. The third-order valence-electron chi connectivity index (χ3n) is 3.69. The van der Waals surface area contributed by atoms with Crippen molar-refractivity contribution in [3.05, 3.63) is 42.5 Å². The smallest absolute Gasteiger partial charge is 0.243 e. The van der Waals surface area contributed by atoms with Crippen LogP contribution in [0.3, 0.4) is 0 Å². The van der Waals surface area contributed by atoms with Crippen molar-refractivity contribution in [1.82, 2.24) is 14.1 Å². The molecule has 23 heavy (non-hydrogen) atoms. The summed E-state index contributed by atoms with van der Waals surface area (Å²) < 4.78 is 48.0. The fraction of sp³-hybridized carbons (Fsp3) is 0.400. The Hall–Kier alpha value is -1.77. The minimum atomic E-state index is -3.75. The van der Waals surface area contributed by atoms with Gasteiger partial charge in [0.2, 0.25) is 10.0 Å². The normalized spacial score (nSPS) is 23.1. The molecular formula is C15H18FN3O3S. The number of aromatic nitrogens is 2. The summed E-state index contributed by atoms with van der Waals surface area (Å²) in [6, 6.07) is 5.53. The van der Waals surface area contributed by atoms with Crippen molar-refractivity contribution < 1.29 is 17.5 Å². The number of rotatable bonds is 3. The van der Waals surface area contributed by atoms with Crippen molar-refractivity contribution in [3.8, 4) is 5.69 Å². The van der Waals surface area contributed by atoms with Crippen molar-refractivity contribution >= 4 is 10.0 Å². The number of sulfonamides is 1. The maximum Gasteiger partial charge on any atom is 0.243 e. The van der Waals surface area contributed by atoms with Crippen molar-refractivity contribution in [2.45, 2.75) is 31.0 Å². The van der Waals surface area contributed by atoms with Crippen LogP contribution in [-0.4, -0.2) is 47.8 Å². The van der Waals surface area contributed by atoms with Gasteiger partial charge in [-0.25, -0.2) is 17.5 Å². The zero-order valence-corrected chi connectivity index (χ0v) is 13.7. The predicted molar refractivity (Wildman–Crippen MR) is 82.3 cm³/mol. The highest BCUT2D eigenvalue weighted by Gasteiger charge is 2.32. The van der Waals surface area contributed by atoms with E-state index in [-0.39, 0.29) is 35.9 Å². The van der Waals surface area contributed by atoms with Crippen LogP contribution < -0.4 is 0 Å². The first-order chi connectivity index (χ1) is 10.9. The Kier molecular flexibility index (Phi) is 4.22. The van der Waals surface area contributed by atoms with Gasteiger partial charge in [-0.15, -0.1) is 0 Å². The lowest BCUT2D eigenvalue weighted by Gasteiger charge is -2.34. The van der Waals surface area contributed by atoms with E-state index in [0.29, 0.717) is 0 Å². The summed E-state index contributed by atoms with van der Waals surface area (Å²) in [4.78, 5) is -0.0628. The molecule has 0 saturated carbocycles. The summed E-state index contributed by atoms with van der Waals surface area (Å²) in [6.45, 7) is 4.16. The van der Waals surface area contributed by atoms with Crippen LogP contribution >= 0.6 is 0 Å². The van der Waals surface area contributed by atoms with E-state index in [1.165, 1.54) is 27.3 Å². The fourth-order valence-corrected chi connectivity index (χ4v) is 4.32. The summed E-state index contributed by atoms with van der Waals surface area (Å²) in [5.41, 5.74) is 0.206. The van der Waals surface area contributed by atoms with Crippen molar-refractivity contribution in [2.24, 2.45) is 0 Å². The van der Waals surface area contributed by atoms with Crippen LogP contribution in [0.4, 0.5) is 4.39 Å². The average Bonchev–Trinajstić information content (AvgIpc) is 3.00. The fourth-order valence-electron chi connectivity index (χ4n) is 2.72. The summed E-state index contributed by atoms with van der Waals surface area (Å²) in [6.07, 6.45) is 2.74. The molecule has 1 saturated heterocycles. The van der Waals surface area contributed by atoms with E-state index in [0.717, 1.165) is 6.07 Å². The Bertz CT molecular complexity index is 782. The highest BCUT2D eigenvalue weighted by molar-refractivity contribution is 7.89. The third kappa shape index (κ3) is 3.15. The maximum absolute atomic E-state index is 14.3. The summed E-state index contributed by atoms with van der Waals surface area (Å²) in [5.74, 6) is -0.635. The SMILES string of the molecule is C[C@@H]1CN(S(=O)(=O)c2ccc(-n3cccn3)c(F)c2)C[C@H](C)O1. The van der Waals surface area contributed by atoms with E-state index in [2.05, 4.69) is 5.10 Å². The second kappa shape index (κ2) is 6.03. The topological polar surface area (TPSA) is 64.4 Å². The monoisotopic (exact) mass is 339 g/mol. The average molecular weight is 339 g/mol.